The first-order chi connectivity index (χ1) is 6.84. The Hall–Kier alpha value is -1.20. The molecule has 14 heavy (non-hydrogen) atoms. The molecule has 1 aromatic heterocycles. The lowest BCUT2D eigenvalue weighted by Gasteiger charge is -2.04. The third kappa shape index (κ3) is 3.68. The number of nitrogens with zero attached hydrogens (tertiary/aromatic N) is 2. The lowest BCUT2D eigenvalue weighted by atomic mass is 10.5. The van der Waals surface area contributed by atoms with Crippen LogP contribution in [0.3, 0.4) is 0 Å². The molecule has 0 radical (unpaired) electrons. The maximum Gasteiger partial charge on any atom is 0.266 e. The average Bonchev–Trinajstić information content (AvgIpc) is 2.20. The van der Waals surface area contributed by atoms with Gasteiger partial charge in [0, 0.05) is 19.4 Å². The van der Waals surface area contributed by atoms with Crippen molar-refractivity contribution in [3.63, 3.8) is 0 Å². The van der Waals surface area contributed by atoms with Gasteiger partial charge in [-0.25, -0.2) is 4.68 Å². The summed E-state index contributed by atoms with van der Waals surface area (Å²) in [6.45, 7) is 2.05. The lowest BCUT2D eigenvalue weighted by Crippen LogP contribution is -2.23. The minimum Gasteiger partial charge on any atom is -0.382 e. The highest BCUT2D eigenvalue weighted by molar-refractivity contribution is 4.84. The molecule has 0 spiro atoms. The van der Waals surface area contributed by atoms with Gasteiger partial charge in [-0.15, -0.1) is 0 Å². The topological polar surface area (TPSA) is 53.4 Å². The van der Waals surface area contributed by atoms with Gasteiger partial charge in [-0.05, 0) is 6.07 Å². The second-order valence-corrected chi connectivity index (χ2v) is 2.69. The summed E-state index contributed by atoms with van der Waals surface area (Å²) in [5.41, 5.74) is -0.108. The van der Waals surface area contributed by atoms with Crippen LogP contribution in [-0.4, -0.2) is 36.7 Å². The predicted molar refractivity (Wildman–Crippen MR) is 51.2 cm³/mol. The molecule has 0 saturated carbocycles. The van der Waals surface area contributed by atoms with E-state index < -0.39 is 0 Å². The molecular weight excluding hydrogens is 184 g/mol. The number of hydrogen-bond donors (Lipinski definition) is 0. The quantitative estimate of drug-likeness (QED) is 0.599. The van der Waals surface area contributed by atoms with Gasteiger partial charge in [0.2, 0.25) is 0 Å². The van der Waals surface area contributed by atoms with E-state index in [2.05, 4.69) is 5.10 Å². The molecule has 78 valence electrons. The van der Waals surface area contributed by atoms with Crippen molar-refractivity contribution in [1.82, 2.24) is 9.78 Å². The minimum absolute atomic E-state index is 0.108. The molecule has 0 aliphatic heterocycles. The Balaban J connectivity index is 2.25. The van der Waals surface area contributed by atoms with E-state index in [1.807, 2.05) is 0 Å². The summed E-state index contributed by atoms with van der Waals surface area (Å²) >= 11 is 0. The highest BCUT2D eigenvalue weighted by atomic mass is 16.5. The number of methoxy groups -OCH3 is 1. The molecule has 0 unspecified atom stereocenters. The van der Waals surface area contributed by atoms with Crippen molar-refractivity contribution in [2.45, 2.75) is 6.54 Å². The van der Waals surface area contributed by atoms with E-state index in [0.29, 0.717) is 26.4 Å². The van der Waals surface area contributed by atoms with Crippen LogP contribution >= 0.6 is 0 Å². The molecular formula is C9H14N2O3. The Morgan fingerprint density at radius 2 is 2.29 bits per heavy atom. The molecule has 0 atom stereocenters. The third-order valence-corrected chi connectivity index (χ3v) is 1.66. The molecule has 0 saturated heterocycles. The molecule has 1 rings (SSSR count). The smallest absolute Gasteiger partial charge is 0.266 e. The van der Waals surface area contributed by atoms with Gasteiger partial charge in [0.25, 0.3) is 5.56 Å². The van der Waals surface area contributed by atoms with Gasteiger partial charge < -0.3 is 9.47 Å². The van der Waals surface area contributed by atoms with Gasteiger partial charge in [0.1, 0.15) is 0 Å². The Labute approximate surface area is 82.3 Å². The van der Waals surface area contributed by atoms with Gasteiger partial charge in [-0.1, -0.05) is 0 Å². The van der Waals surface area contributed by atoms with Crippen LogP contribution in [-0.2, 0) is 16.0 Å². The fourth-order valence-electron chi connectivity index (χ4n) is 0.951. The van der Waals surface area contributed by atoms with Crippen LogP contribution in [0.25, 0.3) is 0 Å². The predicted octanol–water partition coefficient (Wildman–Crippen LogP) is -0.0937. The fourth-order valence-corrected chi connectivity index (χ4v) is 0.951. The molecule has 5 heteroatoms. The standard InChI is InChI=1S/C9H14N2O3/c1-13-7-8-14-6-5-11-9(12)3-2-4-10-11/h2-4H,5-8H2,1H3. The number of aromatic nitrogens is 2. The van der Waals surface area contributed by atoms with Gasteiger partial charge in [0.05, 0.1) is 26.4 Å². The average molecular weight is 198 g/mol. The van der Waals surface area contributed by atoms with Crippen LogP contribution in [0.15, 0.2) is 23.1 Å². The lowest BCUT2D eigenvalue weighted by molar-refractivity contribution is 0.0649. The Morgan fingerprint density at radius 3 is 3.00 bits per heavy atom. The van der Waals surface area contributed by atoms with Crippen LogP contribution in [0.1, 0.15) is 0 Å². The number of ether oxygens (including phenoxy) is 2. The van der Waals surface area contributed by atoms with Crippen LogP contribution in [0.2, 0.25) is 0 Å². The second kappa shape index (κ2) is 6.28. The van der Waals surface area contributed by atoms with E-state index in [1.165, 1.54) is 10.7 Å². The zero-order chi connectivity index (χ0) is 10.2. The normalized spacial score (nSPS) is 10.4. The molecule has 0 fully saturated rings. The minimum atomic E-state index is -0.108. The molecule has 5 nitrogen and oxygen atoms in total. The zero-order valence-electron chi connectivity index (χ0n) is 8.18. The largest absolute Gasteiger partial charge is 0.382 e. The van der Waals surface area contributed by atoms with Crippen molar-refractivity contribution in [3.8, 4) is 0 Å². The second-order valence-electron chi connectivity index (χ2n) is 2.69. The molecule has 0 aliphatic rings. The van der Waals surface area contributed by atoms with E-state index in [0.717, 1.165) is 0 Å². The summed E-state index contributed by atoms with van der Waals surface area (Å²) < 4.78 is 11.4. The molecule has 0 aliphatic carbocycles. The monoisotopic (exact) mass is 198 g/mol. The van der Waals surface area contributed by atoms with Gasteiger partial charge in [0.15, 0.2) is 0 Å². The highest BCUT2D eigenvalue weighted by Crippen LogP contribution is 1.80. The van der Waals surface area contributed by atoms with Gasteiger partial charge >= 0.3 is 0 Å². The van der Waals surface area contributed by atoms with Crippen molar-refractivity contribution in [2.75, 3.05) is 26.9 Å². The van der Waals surface area contributed by atoms with Crippen LogP contribution in [0.5, 0.6) is 0 Å². The summed E-state index contributed by atoms with van der Waals surface area (Å²) in [7, 11) is 1.62. The summed E-state index contributed by atoms with van der Waals surface area (Å²) in [5, 5.41) is 3.89. The summed E-state index contributed by atoms with van der Waals surface area (Å²) in [6.07, 6.45) is 1.58. The van der Waals surface area contributed by atoms with E-state index in [9.17, 15) is 4.79 Å². The molecule has 1 heterocycles. The maximum atomic E-state index is 11.2. The zero-order valence-corrected chi connectivity index (χ0v) is 8.18. The fraction of sp³-hybridized carbons (Fsp3) is 0.556. The van der Waals surface area contributed by atoms with Crippen molar-refractivity contribution in [2.24, 2.45) is 0 Å². The highest BCUT2D eigenvalue weighted by Gasteiger charge is 1.94. The van der Waals surface area contributed by atoms with Crippen molar-refractivity contribution < 1.29 is 9.47 Å². The Morgan fingerprint density at radius 1 is 1.43 bits per heavy atom. The summed E-state index contributed by atoms with van der Waals surface area (Å²) in [5.74, 6) is 0. The van der Waals surface area contributed by atoms with E-state index in [-0.39, 0.29) is 5.56 Å². The summed E-state index contributed by atoms with van der Waals surface area (Å²) in [4.78, 5) is 11.2. The molecule has 0 bridgehead atoms. The first-order valence-electron chi connectivity index (χ1n) is 4.43. The van der Waals surface area contributed by atoms with Crippen LogP contribution < -0.4 is 5.56 Å². The van der Waals surface area contributed by atoms with Crippen molar-refractivity contribution in [3.05, 3.63) is 28.7 Å². The van der Waals surface area contributed by atoms with Crippen LogP contribution in [0, 0.1) is 0 Å². The SMILES string of the molecule is COCCOCCn1ncccc1=O. The molecule has 0 amide bonds. The van der Waals surface area contributed by atoms with Crippen molar-refractivity contribution in [1.29, 1.82) is 0 Å². The van der Waals surface area contributed by atoms with E-state index in [1.54, 1.807) is 19.4 Å². The van der Waals surface area contributed by atoms with Crippen LogP contribution in [0.4, 0.5) is 0 Å². The maximum absolute atomic E-state index is 11.2. The number of rotatable bonds is 6. The van der Waals surface area contributed by atoms with Crippen molar-refractivity contribution >= 4 is 0 Å². The van der Waals surface area contributed by atoms with Gasteiger partial charge in [-0.2, -0.15) is 5.10 Å². The van der Waals surface area contributed by atoms with E-state index in [4.69, 9.17) is 9.47 Å². The Bertz CT molecular complexity index is 311. The molecule has 1 aromatic rings. The van der Waals surface area contributed by atoms with E-state index >= 15 is 0 Å². The molecule has 0 N–H and O–H groups in total. The Kier molecular flexibility index (Phi) is 4.88. The third-order valence-electron chi connectivity index (χ3n) is 1.66. The van der Waals surface area contributed by atoms with Gasteiger partial charge in [-0.3, -0.25) is 4.79 Å². The first kappa shape index (κ1) is 10.9. The molecule has 0 aromatic carbocycles. The number of hydrogen-bond acceptors (Lipinski definition) is 4. The summed E-state index contributed by atoms with van der Waals surface area (Å²) in [6, 6.07) is 3.09. The first-order valence-corrected chi connectivity index (χ1v) is 4.43.